The lowest BCUT2D eigenvalue weighted by atomic mass is 10.2. The maximum Gasteiger partial charge on any atom is 0.331 e. The van der Waals surface area contributed by atoms with E-state index in [9.17, 15) is 14.0 Å². The Kier molecular flexibility index (Phi) is 4.74. The maximum absolute atomic E-state index is 13.4. The summed E-state index contributed by atoms with van der Waals surface area (Å²) in [5, 5.41) is 2.87. The van der Waals surface area contributed by atoms with Gasteiger partial charge in [0.15, 0.2) is 6.61 Å². The van der Waals surface area contributed by atoms with Gasteiger partial charge in [0, 0.05) is 17.7 Å². The number of hydrogen-bond acceptors (Lipinski definition) is 3. The Labute approximate surface area is 120 Å². The molecule has 2 rings (SSSR count). The van der Waals surface area contributed by atoms with Gasteiger partial charge in [-0.05, 0) is 31.1 Å². The number of esters is 1. The highest BCUT2D eigenvalue weighted by Gasteiger charge is 2.23. The number of ether oxygens (including phenoxy) is 1. The zero-order valence-electron chi connectivity index (χ0n) is 10.6. The van der Waals surface area contributed by atoms with Gasteiger partial charge in [-0.25, -0.2) is 9.18 Å². The predicted octanol–water partition coefficient (Wildman–Crippen LogP) is 2.31. The molecule has 0 radical (unpaired) electrons. The fourth-order valence-corrected chi connectivity index (χ4v) is 1.73. The van der Waals surface area contributed by atoms with E-state index in [1.165, 1.54) is 24.3 Å². The van der Waals surface area contributed by atoms with Crippen molar-refractivity contribution in [3.63, 3.8) is 0 Å². The lowest BCUT2D eigenvalue weighted by Gasteiger charge is -2.03. The third kappa shape index (κ3) is 4.35. The Balaban J connectivity index is 1.84. The van der Waals surface area contributed by atoms with Crippen LogP contribution in [0.5, 0.6) is 0 Å². The summed E-state index contributed by atoms with van der Waals surface area (Å²) in [6.07, 6.45) is 4.18. The van der Waals surface area contributed by atoms with Gasteiger partial charge in [0.05, 0.1) is 5.02 Å². The van der Waals surface area contributed by atoms with Crippen LogP contribution in [0.25, 0.3) is 6.08 Å². The smallest absolute Gasteiger partial charge is 0.331 e. The molecule has 0 aromatic heterocycles. The highest BCUT2D eigenvalue weighted by Crippen LogP contribution is 2.20. The minimum Gasteiger partial charge on any atom is -0.452 e. The first-order valence-electron chi connectivity index (χ1n) is 6.14. The molecular weight excluding hydrogens is 285 g/mol. The standard InChI is InChI=1S/C14H13ClFNO3/c15-11-2-1-3-12(16)10(11)6-7-14(19)20-8-13(18)17-9-4-5-9/h1-3,6-7,9H,4-5,8H2,(H,17,18)/b7-6+. The summed E-state index contributed by atoms with van der Waals surface area (Å²) in [5.74, 6) is -1.60. The van der Waals surface area contributed by atoms with Crippen LogP contribution in [0, 0.1) is 5.82 Å². The predicted molar refractivity (Wildman–Crippen MR) is 72.6 cm³/mol. The minimum atomic E-state index is -0.727. The molecule has 1 aromatic rings. The molecule has 0 saturated heterocycles. The summed E-state index contributed by atoms with van der Waals surface area (Å²) in [5.41, 5.74) is 0.105. The zero-order chi connectivity index (χ0) is 14.5. The van der Waals surface area contributed by atoms with Crippen molar-refractivity contribution >= 4 is 29.6 Å². The first-order chi connectivity index (χ1) is 9.56. The topological polar surface area (TPSA) is 55.4 Å². The molecule has 4 nitrogen and oxygen atoms in total. The van der Waals surface area contributed by atoms with E-state index >= 15 is 0 Å². The van der Waals surface area contributed by atoms with Crippen molar-refractivity contribution < 1.29 is 18.7 Å². The van der Waals surface area contributed by atoms with Crippen LogP contribution in [0.4, 0.5) is 4.39 Å². The highest BCUT2D eigenvalue weighted by molar-refractivity contribution is 6.32. The number of halogens is 2. The first-order valence-corrected chi connectivity index (χ1v) is 6.52. The van der Waals surface area contributed by atoms with Crippen molar-refractivity contribution in [2.24, 2.45) is 0 Å². The Bertz CT molecular complexity index is 535. The number of rotatable bonds is 5. The largest absolute Gasteiger partial charge is 0.452 e. The Hall–Kier alpha value is -1.88. The molecular formula is C14H13ClFNO3. The second-order valence-electron chi connectivity index (χ2n) is 4.42. The molecule has 1 aliphatic carbocycles. The highest BCUT2D eigenvalue weighted by atomic mass is 35.5. The van der Waals surface area contributed by atoms with Crippen LogP contribution in [0.15, 0.2) is 24.3 Å². The summed E-state index contributed by atoms with van der Waals surface area (Å²) < 4.78 is 18.1. The Morgan fingerprint density at radius 1 is 1.45 bits per heavy atom. The number of hydrogen-bond donors (Lipinski definition) is 1. The van der Waals surface area contributed by atoms with Crippen LogP contribution in [-0.4, -0.2) is 24.5 Å². The average molecular weight is 298 g/mol. The van der Waals surface area contributed by atoms with Crippen LogP contribution in [0.3, 0.4) is 0 Å². The van der Waals surface area contributed by atoms with E-state index in [1.54, 1.807) is 0 Å². The van der Waals surface area contributed by atoms with Gasteiger partial charge in [-0.1, -0.05) is 17.7 Å². The van der Waals surface area contributed by atoms with Gasteiger partial charge in [0.1, 0.15) is 5.82 Å². The van der Waals surface area contributed by atoms with Crippen molar-refractivity contribution in [3.05, 3.63) is 40.7 Å². The van der Waals surface area contributed by atoms with Gasteiger partial charge in [0.2, 0.25) is 0 Å². The molecule has 0 bridgehead atoms. The van der Waals surface area contributed by atoms with Crippen LogP contribution in [0.1, 0.15) is 18.4 Å². The third-order valence-electron chi connectivity index (χ3n) is 2.67. The fraction of sp³-hybridized carbons (Fsp3) is 0.286. The molecule has 1 amide bonds. The van der Waals surface area contributed by atoms with Gasteiger partial charge in [-0.2, -0.15) is 0 Å². The molecule has 1 aromatic carbocycles. The molecule has 0 heterocycles. The Morgan fingerprint density at radius 3 is 2.85 bits per heavy atom. The molecule has 1 aliphatic rings. The average Bonchev–Trinajstić information content (AvgIpc) is 3.19. The lowest BCUT2D eigenvalue weighted by Crippen LogP contribution is -2.30. The van der Waals surface area contributed by atoms with Gasteiger partial charge in [-0.3, -0.25) is 4.79 Å². The molecule has 0 atom stereocenters. The van der Waals surface area contributed by atoms with Crippen molar-refractivity contribution in [2.75, 3.05) is 6.61 Å². The van der Waals surface area contributed by atoms with Crippen molar-refractivity contribution in [3.8, 4) is 0 Å². The van der Waals surface area contributed by atoms with Gasteiger partial charge in [-0.15, -0.1) is 0 Å². The molecule has 0 unspecified atom stereocenters. The van der Waals surface area contributed by atoms with E-state index in [4.69, 9.17) is 16.3 Å². The molecule has 106 valence electrons. The molecule has 1 N–H and O–H groups in total. The fourth-order valence-electron chi connectivity index (χ4n) is 1.50. The molecule has 1 saturated carbocycles. The van der Waals surface area contributed by atoms with Crippen LogP contribution >= 0.6 is 11.6 Å². The number of benzene rings is 1. The van der Waals surface area contributed by atoms with Crippen LogP contribution in [-0.2, 0) is 14.3 Å². The molecule has 1 fully saturated rings. The van der Waals surface area contributed by atoms with E-state index in [2.05, 4.69) is 5.32 Å². The normalized spacial score (nSPS) is 14.3. The van der Waals surface area contributed by atoms with E-state index in [0.29, 0.717) is 0 Å². The summed E-state index contributed by atoms with van der Waals surface area (Å²) in [4.78, 5) is 22.7. The van der Waals surface area contributed by atoms with E-state index in [0.717, 1.165) is 18.9 Å². The van der Waals surface area contributed by atoms with Crippen LogP contribution in [0.2, 0.25) is 5.02 Å². The van der Waals surface area contributed by atoms with E-state index < -0.39 is 11.8 Å². The van der Waals surface area contributed by atoms with E-state index in [-0.39, 0.29) is 29.1 Å². The maximum atomic E-state index is 13.4. The van der Waals surface area contributed by atoms with Crippen LogP contribution < -0.4 is 5.32 Å². The summed E-state index contributed by atoms with van der Waals surface area (Å²) in [6.45, 7) is -0.343. The second-order valence-corrected chi connectivity index (χ2v) is 4.83. The molecule has 0 spiro atoms. The van der Waals surface area contributed by atoms with Gasteiger partial charge < -0.3 is 10.1 Å². The number of carbonyl (C=O) groups excluding carboxylic acids is 2. The van der Waals surface area contributed by atoms with Crippen molar-refractivity contribution in [1.29, 1.82) is 0 Å². The number of nitrogens with one attached hydrogen (secondary N) is 1. The minimum absolute atomic E-state index is 0.105. The monoisotopic (exact) mass is 297 g/mol. The third-order valence-corrected chi connectivity index (χ3v) is 3.00. The summed E-state index contributed by atoms with van der Waals surface area (Å²) in [7, 11) is 0. The summed E-state index contributed by atoms with van der Waals surface area (Å²) >= 11 is 5.80. The molecule has 0 aliphatic heterocycles. The van der Waals surface area contributed by atoms with Gasteiger partial charge in [0.25, 0.3) is 5.91 Å². The first kappa shape index (κ1) is 14.5. The van der Waals surface area contributed by atoms with Crippen molar-refractivity contribution in [2.45, 2.75) is 18.9 Å². The second kappa shape index (κ2) is 6.52. The molecule has 6 heteroatoms. The quantitative estimate of drug-likeness (QED) is 0.670. The Morgan fingerprint density at radius 2 is 2.20 bits per heavy atom. The van der Waals surface area contributed by atoms with Crippen molar-refractivity contribution in [1.82, 2.24) is 5.32 Å². The lowest BCUT2D eigenvalue weighted by molar-refractivity contribution is -0.143. The molecule has 20 heavy (non-hydrogen) atoms. The number of carbonyl (C=O) groups is 2. The number of amides is 1. The van der Waals surface area contributed by atoms with Gasteiger partial charge >= 0.3 is 5.97 Å². The summed E-state index contributed by atoms with van der Waals surface area (Å²) in [6, 6.07) is 4.43. The van der Waals surface area contributed by atoms with E-state index in [1.807, 2.05) is 0 Å². The zero-order valence-corrected chi connectivity index (χ0v) is 11.3. The SMILES string of the molecule is O=C(COC(=O)/C=C/c1c(F)cccc1Cl)NC1CC1.